The minimum Gasteiger partial charge on any atom is -0.282 e. The maximum atomic E-state index is 10.4. The molecule has 0 radical (unpaired) electrons. The molecule has 60 valence electrons. The molecule has 0 fully saturated rings. The van der Waals surface area contributed by atoms with Crippen molar-refractivity contribution in [1.29, 1.82) is 0 Å². The van der Waals surface area contributed by atoms with Gasteiger partial charge in [-0.25, -0.2) is 0 Å². The van der Waals surface area contributed by atoms with Gasteiger partial charge in [-0.3, -0.25) is 4.55 Å². The van der Waals surface area contributed by atoms with E-state index < -0.39 is 10.1 Å². The van der Waals surface area contributed by atoms with E-state index in [4.69, 9.17) is 4.55 Å². The molecule has 0 aliphatic heterocycles. The highest BCUT2D eigenvalue weighted by Crippen LogP contribution is 2.08. The lowest BCUT2D eigenvalue weighted by molar-refractivity contribution is 0.489. The van der Waals surface area contributed by atoms with Crippen LogP contribution in [0.3, 0.4) is 0 Å². The molecule has 0 aliphatic rings. The molecule has 0 amide bonds. The van der Waals surface area contributed by atoms with Gasteiger partial charge >= 0.3 is 0 Å². The van der Waals surface area contributed by atoms with Gasteiger partial charge in [0.15, 0.2) is 0 Å². The summed E-state index contributed by atoms with van der Waals surface area (Å²) >= 11 is 0. The predicted molar refractivity (Wildman–Crippen MR) is 40.2 cm³/mol. The van der Waals surface area contributed by atoms with E-state index >= 15 is 0 Å². The number of allylic oxidation sites excluding steroid dienone is 2. The van der Waals surface area contributed by atoms with Crippen LogP contribution < -0.4 is 0 Å². The normalized spacial score (nSPS) is 13.7. The largest absolute Gasteiger partial charge is 0.290 e. The summed E-state index contributed by atoms with van der Waals surface area (Å²) in [5, 5.41) is 0. The van der Waals surface area contributed by atoms with Crippen molar-refractivity contribution in [3.8, 4) is 0 Å². The first-order chi connectivity index (χ1) is 4.52. The van der Waals surface area contributed by atoms with E-state index in [0.717, 1.165) is 0 Å². The average Bonchev–Trinajstić information content (AvgIpc) is 1.80. The van der Waals surface area contributed by atoms with Gasteiger partial charge in [-0.1, -0.05) is 19.9 Å². The van der Waals surface area contributed by atoms with Crippen LogP contribution in [0.4, 0.5) is 0 Å². The lowest BCUT2D eigenvalue weighted by atomic mass is 10.3. The average molecular weight is 164 g/mol. The molecule has 0 rings (SSSR count). The van der Waals surface area contributed by atoms with Crippen LogP contribution in [0.2, 0.25) is 0 Å². The number of rotatable bonds is 3. The van der Waals surface area contributed by atoms with Crippen molar-refractivity contribution in [1.82, 2.24) is 0 Å². The third-order valence-corrected chi connectivity index (χ3v) is 2.23. The summed E-state index contributed by atoms with van der Waals surface area (Å²) in [5.41, 5.74) is 0. The van der Waals surface area contributed by atoms with E-state index in [9.17, 15) is 8.42 Å². The second-order valence-electron chi connectivity index (χ2n) is 1.91. The Hall–Kier alpha value is -0.350. The summed E-state index contributed by atoms with van der Waals surface area (Å²) < 4.78 is 29.4. The van der Waals surface area contributed by atoms with Crippen molar-refractivity contribution < 1.29 is 13.0 Å². The van der Waals surface area contributed by atoms with E-state index in [1.165, 1.54) is 6.08 Å². The molecule has 0 aliphatic carbocycles. The minimum absolute atomic E-state index is 0.106. The highest BCUT2D eigenvalue weighted by molar-refractivity contribution is 7.89. The molecule has 4 heteroatoms. The highest BCUT2D eigenvalue weighted by Gasteiger charge is 2.09. The van der Waals surface area contributed by atoms with Gasteiger partial charge < -0.3 is 0 Å². The Kier molecular flexibility index (Phi) is 3.60. The standard InChI is InChI=1S/C6H12O3S/c1-3-5-6(4-2)10(7,8)9/h5H,3-4H2,1-2H3,(H,7,8,9)/b6-5-. The molecule has 0 aromatic heterocycles. The Labute approximate surface area is 61.5 Å². The van der Waals surface area contributed by atoms with Gasteiger partial charge in [0.05, 0.1) is 4.91 Å². The SMILES string of the molecule is CC/C=C(/CC)S(=O)(=O)O. The molecule has 0 spiro atoms. The van der Waals surface area contributed by atoms with Crippen LogP contribution in [0.5, 0.6) is 0 Å². The van der Waals surface area contributed by atoms with Crippen molar-refractivity contribution in [3.63, 3.8) is 0 Å². The molecular weight excluding hydrogens is 152 g/mol. The van der Waals surface area contributed by atoms with Crippen LogP contribution in [0.1, 0.15) is 26.7 Å². The predicted octanol–water partition coefficient (Wildman–Crippen LogP) is 1.58. The first-order valence-corrected chi connectivity index (χ1v) is 4.62. The van der Waals surface area contributed by atoms with Crippen LogP contribution in [-0.2, 0) is 10.1 Å². The molecule has 0 saturated heterocycles. The summed E-state index contributed by atoms with van der Waals surface area (Å²) in [6, 6.07) is 0. The van der Waals surface area contributed by atoms with Crippen LogP contribution >= 0.6 is 0 Å². The molecule has 0 heterocycles. The monoisotopic (exact) mass is 164 g/mol. The van der Waals surface area contributed by atoms with Gasteiger partial charge in [-0.05, 0) is 12.8 Å². The summed E-state index contributed by atoms with van der Waals surface area (Å²) in [4.78, 5) is 0.106. The zero-order chi connectivity index (χ0) is 8.20. The Balaban J connectivity index is 4.54. The number of hydrogen-bond donors (Lipinski definition) is 1. The summed E-state index contributed by atoms with van der Waals surface area (Å²) in [5.74, 6) is 0. The number of hydrogen-bond acceptors (Lipinski definition) is 2. The molecule has 0 aromatic rings. The maximum absolute atomic E-state index is 10.4. The van der Waals surface area contributed by atoms with Crippen LogP contribution in [0.25, 0.3) is 0 Å². The van der Waals surface area contributed by atoms with E-state index in [1.807, 2.05) is 6.92 Å². The van der Waals surface area contributed by atoms with Crippen LogP contribution in [-0.4, -0.2) is 13.0 Å². The Bertz CT molecular complexity index is 213. The fourth-order valence-electron chi connectivity index (χ4n) is 0.660. The second kappa shape index (κ2) is 3.73. The quantitative estimate of drug-likeness (QED) is 0.644. The molecule has 0 saturated carbocycles. The molecule has 1 N–H and O–H groups in total. The van der Waals surface area contributed by atoms with Crippen molar-refractivity contribution >= 4 is 10.1 Å². The van der Waals surface area contributed by atoms with Crippen molar-refractivity contribution in [3.05, 3.63) is 11.0 Å². The van der Waals surface area contributed by atoms with E-state index in [1.54, 1.807) is 6.92 Å². The fraction of sp³-hybridized carbons (Fsp3) is 0.667. The van der Waals surface area contributed by atoms with E-state index in [-0.39, 0.29) is 4.91 Å². The third kappa shape index (κ3) is 2.98. The molecule has 0 atom stereocenters. The zero-order valence-corrected chi connectivity index (χ0v) is 6.98. The lowest BCUT2D eigenvalue weighted by Crippen LogP contribution is -2.00. The topological polar surface area (TPSA) is 54.4 Å². The van der Waals surface area contributed by atoms with Gasteiger partial charge in [-0.2, -0.15) is 8.42 Å². The Morgan fingerprint density at radius 3 is 2.10 bits per heavy atom. The fourth-order valence-corrected chi connectivity index (χ4v) is 1.40. The molecular formula is C6H12O3S. The zero-order valence-electron chi connectivity index (χ0n) is 6.16. The second-order valence-corrected chi connectivity index (χ2v) is 3.38. The molecule has 3 nitrogen and oxygen atoms in total. The molecule has 0 aromatic carbocycles. The van der Waals surface area contributed by atoms with E-state index in [0.29, 0.717) is 12.8 Å². The molecule has 0 unspecified atom stereocenters. The minimum atomic E-state index is -3.92. The Morgan fingerprint density at radius 1 is 1.50 bits per heavy atom. The van der Waals surface area contributed by atoms with Gasteiger partial charge in [0, 0.05) is 0 Å². The van der Waals surface area contributed by atoms with Gasteiger partial charge in [-0.15, -0.1) is 0 Å². The third-order valence-electron chi connectivity index (χ3n) is 1.11. The Morgan fingerprint density at radius 2 is 2.00 bits per heavy atom. The smallest absolute Gasteiger partial charge is 0.282 e. The van der Waals surface area contributed by atoms with E-state index in [2.05, 4.69) is 0 Å². The highest BCUT2D eigenvalue weighted by atomic mass is 32.2. The van der Waals surface area contributed by atoms with Gasteiger partial charge in [0.25, 0.3) is 10.1 Å². The van der Waals surface area contributed by atoms with Crippen molar-refractivity contribution in [2.45, 2.75) is 26.7 Å². The molecule has 0 bridgehead atoms. The van der Waals surface area contributed by atoms with Gasteiger partial charge in [0.2, 0.25) is 0 Å². The maximum Gasteiger partial charge on any atom is 0.290 e. The van der Waals surface area contributed by atoms with Crippen LogP contribution in [0, 0.1) is 0 Å². The first-order valence-electron chi connectivity index (χ1n) is 3.18. The molecule has 10 heavy (non-hydrogen) atoms. The summed E-state index contributed by atoms with van der Waals surface area (Å²) in [6.45, 7) is 3.51. The lowest BCUT2D eigenvalue weighted by Gasteiger charge is -1.97. The summed E-state index contributed by atoms with van der Waals surface area (Å²) in [7, 11) is -3.92. The van der Waals surface area contributed by atoms with Crippen LogP contribution in [0.15, 0.2) is 11.0 Å². The van der Waals surface area contributed by atoms with Gasteiger partial charge in [0.1, 0.15) is 0 Å². The first kappa shape index (κ1) is 9.65. The summed E-state index contributed by atoms with van der Waals surface area (Å²) in [6.07, 6.45) is 2.49. The van der Waals surface area contributed by atoms with Crippen molar-refractivity contribution in [2.75, 3.05) is 0 Å². The van der Waals surface area contributed by atoms with Crippen molar-refractivity contribution in [2.24, 2.45) is 0 Å².